The van der Waals surface area contributed by atoms with Gasteiger partial charge in [-0.05, 0) is 48.5 Å². The third kappa shape index (κ3) is 5.35. The molecule has 8 nitrogen and oxygen atoms in total. The Labute approximate surface area is 198 Å². The van der Waals surface area contributed by atoms with E-state index in [1.165, 1.54) is 38.5 Å². The number of piperazine rings is 1. The SMILES string of the molecule is COc1ccc(S(=O)(=O)NC[C@@H](c2ccco2)N2CCN(c3ccc(F)cc3)CC2)cc1OC. The summed E-state index contributed by atoms with van der Waals surface area (Å²) in [6.45, 7) is 2.99. The van der Waals surface area contributed by atoms with Crippen molar-refractivity contribution in [3.8, 4) is 11.5 Å². The van der Waals surface area contributed by atoms with E-state index >= 15 is 0 Å². The van der Waals surface area contributed by atoms with Crippen molar-refractivity contribution < 1.29 is 26.7 Å². The fourth-order valence-electron chi connectivity index (χ4n) is 4.09. The minimum atomic E-state index is -3.80. The van der Waals surface area contributed by atoms with Crippen LogP contribution in [0.3, 0.4) is 0 Å². The first-order chi connectivity index (χ1) is 16.4. The molecule has 34 heavy (non-hydrogen) atoms. The van der Waals surface area contributed by atoms with E-state index in [0.717, 1.165) is 18.8 Å². The maximum absolute atomic E-state index is 13.3. The molecule has 1 saturated heterocycles. The first kappa shape index (κ1) is 24.1. The molecule has 1 N–H and O–H groups in total. The van der Waals surface area contributed by atoms with Crippen molar-refractivity contribution in [3.05, 3.63) is 72.4 Å². The molecule has 1 aromatic heterocycles. The highest BCUT2D eigenvalue weighted by Gasteiger charge is 2.29. The van der Waals surface area contributed by atoms with Gasteiger partial charge in [0.2, 0.25) is 10.0 Å². The number of hydrogen-bond donors (Lipinski definition) is 1. The number of hydrogen-bond acceptors (Lipinski definition) is 7. The topological polar surface area (TPSA) is 84.2 Å². The van der Waals surface area contributed by atoms with Crippen LogP contribution >= 0.6 is 0 Å². The van der Waals surface area contributed by atoms with E-state index in [2.05, 4.69) is 14.5 Å². The van der Waals surface area contributed by atoms with E-state index in [4.69, 9.17) is 13.9 Å². The quantitative estimate of drug-likeness (QED) is 0.494. The Bertz CT molecular complexity index is 1180. The summed E-state index contributed by atoms with van der Waals surface area (Å²) in [6.07, 6.45) is 1.58. The van der Waals surface area contributed by atoms with Crippen molar-refractivity contribution in [2.24, 2.45) is 0 Å². The summed E-state index contributed by atoms with van der Waals surface area (Å²) in [4.78, 5) is 4.46. The van der Waals surface area contributed by atoms with E-state index in [9.17, 15) is 12.8 Å². The lowest BCUT2D eigenvalue weighted by atomic mass is 10.1. The Balaban J connectivity index is 1.46. The van der Waals surface area contributed by atoms with Crippen molar-refractivity contribution in [1.82, 2.24) is 9.62 Å². The molecule has 0 aliphatic carbocycles. The van der Waals surface area contributed by atoms with Gasteiger partial charge in [-0.25, -0.2) is 17.5 Å². The van der Waals surface area contributed by atoms with Gasteiger partial charge in [-0.15, -0.1) is 0 Å². The molecule has 182 valence electrons. The first-order valence-corrected chi connectivity index (χ1v) is 12.4. The highest BCUT2D eigenvalue weighted by molar-refractivity contribution is 7.89. The zero-order valence-electron chi connectivity index (χ0n) is 19.1. The number of nitrogens with one attached hydrogen (secondary N) is 1. The molecular formula is C24H28FN3O5S. The second kappa shape index (κ2) is 10.5. The molecule has 0 spiro atoms. The predicted molar refractivity (Wildman–Crippen MR) is 126 cm³/mol. The van der Waals surface area contributed by atoms with Gasteiger partial charge in [0.25, 0.3) is 0 Å². The summed E-state index contributed by atoms with van der Waals surface area (Å²) < 4.78 is 58.1. The van der Waals surface area contributed by atoms with Gasteiger partial charge >= 0.3 is 0 Å². The van der Waals surface area contributed by atoms with Crippen molar-refractivity contribution in [3.63, 3.8) is 0 Å². The summed E-state index contributed by atoms with van der Waals surface area (Å²) in [7, 11) is -0.848. The van der Waals surface area contributed by atoms with Gasteiger partial charge in [0.15, 0.2) is 11.5 Å². The van der Waals surface area contributed by atoms with Gasteiger partial charge < -0.3 is 18.8 Å². The molecule has 1 atom stereocenters. The van der Waals surface area contributed by atoms with E-state index < -0.39 is 10.0 Å². The van der Waals surface area contributed by atoms with E-state index in [1.54, 1.807) is 30.5 Å². The van der Waals surface area contributed by atoms with Gasteiger partial charge in [0, 0.05) is 44.5 Å². The van der Waals surface area contributed by atoms with Gasteiger partial charge in [-0.2, -0.15) is 0 Å². The predicted octanol–water partition coefficient (Wildman–Crippen LogP) is 3.28. The Morgan fingerprint density at radius 2 is 1.71 bits per heavy atom. The molecule has 0 unspecified atom stereocenters. The zero-order valence-corrected chi connectivity index (χ0v) is 19.9. The van der Waals surface area contributed by atoms with Crippen LogP contribution in [0.15, 0.2) is 70.2 Å². The minimum Gasteiger partial charge on any atom is -0.493 e. The summed E-state index contributed by atoms with van der Waals surface area (Å²) in [5.41, 5.74) is 0.963. The van der Waals surface area contributed by atoms with Crippen LogP contribution in [0.2, 0.25) is 0 Å². The molecule has 0 bridgehead atoms. The average molecular weight is 490 g/mol. The molecular weight excluding hydrogens is 461 g/mol. The largest absolute Gasteiger partial charge is 0.493 e. The number of ether oxygens (including phenoxy) is 2. The summed E-state index contributed by atoms with van der Waals surface area (Å²) in [5.74, 6) is 1.21. The van der Waals surface area contributed by atoms with Crippen LogP contribution in [-0.2, 0) is 10.0 Å². The molecule has 0 saturated carbocycles. The number of halogens is 1. The number of benzene rings is 2. The lowest BCUT2D eigenvalue weighted by Crippen LogP contribution is -2.49. The highest BCUT2D eigenvalue weighted by atomic mass is 32.2. The summed E-state index contributed by atoms with van der Waals surface area (Å²) >= 11 is 0. The number of methoxy groups -OCH3 is 2. The Hall–Kier alpha value is -3.08. The normalized spacial score (nSPS) is 15.8. The maximum atomic E-state index is 13.3. The van der Waals surface area contributed by atoms with Crippen molar-refractivity contribution in [2.45, 2.75) is 10.9 Å². The smallest absolute Gasteiger partial charge is 0.240 e. The monoisotopic (exact) mass is 489 g/mol. The number of furan rings is 1. The van der Waals surface area contributed by atoms with Gasteiger partial charge in [0.1, 0.15) is 11.6 Å². The van der Waals surface area contributed by atoms with E-state index in [1.807, 2.05) is 6.07 Å². The molecule has 1 aliphatic heterocycles. The van der Waals surface area contributed by atoms with Gasteiger partial charge in [-0.1, -0.05) is 0 Å². The fourth-order valence-corrected chi connectivity index (χ4v) is 5.14. The maximum Gasteiger partial charge on any atom is 0.240 e. The number of sulfonamides is 1. The summed E-state index contributed by atoms with van der Waals surface area (Å²) in [6, 6.07) is 14.3. The zero-order chi connectivity index (χ0) is 24.1. The average Bonchev–Trinajstić information content (AvgIpc) is 3.39. The van der Waals surface area contributed by atoms with Crippen LogP contribution < -0.4 is 19.1 Å². The Morgan fingerprint density at radius 1 is 1.00 bits per heavy atom. The molecule has 4 rings (SSSR count). The first-order valence-electron chi connectivity index (χ1n) is 10.9. The van der Waals surface area contributed by atoms with E-state index in [-0.39, 0.29) is 23.3 Å². The van der Waals surface area contributed by atoms with Crippen LogP contribution in [0, 0.1) is 5.82 Å². The standard InChI is InChI=1S/C24H28FN3O5S/c1-31-23-10-9-20(16-24(23)32-2)34(29,30)26-17-21(22-4-3-15-33-22)28-13-11-27(12-14-28)19-7-5-18(25)6-8-19/h3-10,15-16,21,26H,11-14,17H2,1-2H3/t21-/m0/s1. The minimum absolute atomic E-state index is 0.0875. The number of nitrogens with zero attached hydrogens (tertiary/aromatic N) is 2. The second-order valence-electron chi connectivity index (χ2n) is 7.90. The molecule has 0 amide bonds. The van der Waals surface area contributed by atoms with Crippen LogP contribution in [-0.4, -0.2) is 60.3 Å². The number of anilines is 1. The van der Waals surface area contributed by atoms with Crippen molar-refractivity contribution in [2.75, 3.05) is 51.8 Å². The Kier molecular flexibility index (Phi) is 7.40. The fraction of sp³-hybridized carbons (Fsp3) is 0.333. The number of rotatable bonds is 9. The molecule has 1 aliphatic rings. The van der Waals surface area contributed by atoms with Gasteiger partial charge in [0.05, 0.1) is 31.4 Å². The third-order valence-electron chi connectivity index (χ3n) is 5.95. The third-order valence-corrected chi connectivity index (χ3v) is 7.37. The van der Waals surface area contributed by atoms with Crippen LogP contribution in [0.4, 0.5) is 10.1 Å². The van der Waals surface area contributed by atoms with Crippen molar-refractivity contribution in [1.29, 1.82) is 0 Å². The molecule has 10 heteroatoms. The molecule has 0 radical (unpaired) electrons. The van der Waals surface area contributed by atoms with Crippen LogP contribution in [0.5, 0.6) is 11.5 Å². The molecule has 3 aromatic rings. The molecule has 1 fully saturated rings. The molecule has 2 heterocycles. The van der Waals surface area contributed by atoms with Crippen LogP contribution in [0.25, 0.3) is 0 Å². The van der Waals surface area contributed by atoms with Gasteiger partial charge in [-0.3, -0.25) is 4.90 Å². The Morgan fingerprint density at radius 3 is 2.32 bits per heavy atom. The van der Waals surface area contributed by atoms with Crippen LogP contribution in [0.1, 0.15) is 11.8 Å². The van der Waals surface area contributed by atoms with Crippen molar-refractivity contribution >= 4 is 15.7 Å². The highest BCUT2D eigenvalue weighted by Crippen LogP contribution is 2.30. The molecule has 2 aromatic carbocycles. The second-order valence-corrected chi connectivity index (χ2v) is 9.67. The van der Waals surface area contributed by atoms with E-state index in [0.29, 0.717) is 30.3 Å². The lowest BCUT2D eigenvalue weighted by Gasteiger charge is -2.39. The lowest BCUT2D eigenvalue weighted by molar-refractivity contribution is 0.166. The summed E-state index contributed by atoms with van der Waals surface area (Å²) in [5, 5.41) is 0.